The minimum absolute atomic E-state index is 0.0271. The van der Waals surface area contributed by atoms with Crippen molar-refractivity contribution in [1.29, 1.82) is 0 Å². The van der Waals surface area contributed by atoms with Crippen molar-refractivity contribution in [1.82, 2.24) is 14.8 Å². The van der Waals surface area contributed by atoms with Gasteiger partial charge in [-0.2, -0.15) is 10.1 Å². The van der Waals surface area contributed by atoms with Gasteiger partial charge < -0.3 is 19.5 Å². The Kier molecular flexibility index (Phi) is 8.25. The number of aromatic nitrogens is 3. The molecule has 1 aliphatic rings. The second-order valence-electron chi connectivity index (χ2n) is 8.23. The lowest BCUT2D eigenvalue weighted by Crippen LogP contribution is -2.30. The van der Waals surface area contributed by atoms with Crippen molar-refractivity contribution in [2.24, 2.45) is 0 Å². The van der Waals surface area contributed by atoms with Crippen LogP contribution in [-0.2, 0) is 16.1 Å². The van der Waals surface area contributed by atoms with Crippen molar-refractivity contribution in [3.05, 3.63) is 75.4 Å². The first kappa shape index (κ1) is 25.7. The van der Waals surface area contributed by atoms with Crippen molar-refractivity contribution < 1.29 is 23.4 Å². The molecule has 1 aromatic heterocycles. The number of carbonyl (C=O) groups is 1. The standard InChI is InChI=1S/C26H28BrFN4O4/c1-4-6-11-35-25(33)22-16(3)31-26-29-15-30-32(26)23(22)18-12-19(27)24(21(13-18)34-5-2)36-14-17-9-7-8-10-20(17)28/h7-10,12-13,15,23H,4-6,11,14H2,1-3H3,(H,29,30,31). The maximum absolute atomic E-state index is 14.1. The van der Waals surface area contributed by atoms with Gasteiger partial charge >= 0.3 is 5.97 Å². The summed E-state index contributed by atoms with van der Waals surface area (Å²) >= 11 is 3.59. The second-order valence-corrected chi connectivity index (χ2v) is 9.08. The topological polar surface area (TPSA) is 87.5 Å². The molecule has 0 saturated carbocycles. The number of ether oxygens (including phenoxy) is 3. The smallest absolute Gasteiger partial charge is 0.338 e. The van der Waals surface area contributed by atoms with Crippen LogP contribution >= 0.6 is 15.9 Å². The number of hydrogen-bond donors (Lipinski definition) is 1. The van der Waals surface area contributed by atoms with E-state index in [0.717, 1.165) is 18.4 Å². The van der Waals surface area contributed by atoms with Crippen molar-refractivity contribution in [3.63, 3.8) is 0 Å². The number of anilines is 1. The van der Waals surface area contributed by atoms with Crippen molar-refractivity contribution in [3.8, 4) is 11.5 Å². The summed E-state index contributed by atoms with van der Waals surface area (Å²) in [5.74, 6) is 0.632. The SMILES string of the molecule is CCCCOC(=O)C1=C(C)Nc2ncnn2C1c1cc(Br)c(OCc2ccccc2F)c(OCC)c1. The van der Waals surface area contributed by atoms with E-state index in [0.29, 0.717) is 52.0 Å². The Morgan fingerprint density at radius 3 is 2.78 bits per heavy atom. The summed E-state index contributed by atoms with van der Waals surface area (Å²) in [4.78, 5) is 17.4. The number of carbonyl (C=O) groups excluding carboxylic acids is 1. The summed E-state index contributed by atoms with van der Waals surface area (Å²) in [5.41, 5.74) is 2.21. The van der Waals surface area contributed by atoms with Crippen LogP contribution in [0.2, 0.25) is 0 Å². The molecule has 0 aliphatic carbocycles. The van der Waals surface area contributed by atoms with E-state index in [2.05, 4.69) is 31.3 Å². The fourth-order valence-electron chi connectivity index (χ4n) is 3.96. The molecule has 10 heteroatoms. The molecule has 4 rings (SSSR count). The number of allylic oxidation sites excluding steroid dienone is 1. The molecular weight excluding hydrogens is 531 g/mol. The number of nitrogens with zero attached hydrogens (tertiary/aromatic N) is 3. The second kappa shape index (κ2) is 11.6. The lowest BCUT2D eigenvalue weighted by atomic mass is 9.95. The Morgan fingerprint density at radius 2 is 2.03 bits per heavy atom. The molecule has 2 heterocycles. The molecule has 0 spiro atoms. The molecule has 1 unspecified atom stereocenters. The zero-order chi connectivity index (χ0) is 25.7. The van der Waals surface area contributed by atoms with Crippen molar-refractivity contribution >= 4 is 27.8 Å². The predicted octanol–water partition coefficient (Wildman–Crippen LogP) is 5.79. The molecule has 36 heavy (non-hydrogen) atoms. The van der Waals surface area contributed by atoms with Gasteiger partial charge in [0.15, 0.2) is 11.5 Å². The molecule has 1 atom stereocenters. The van der Waals surface area contributed by atoms with Gasteiger partial charge in [-0.3, -0.25) is 0 Å². The Balaban J connectivity index is 1.73. The van der Waals surface area contributed by atoms with Crippen molar-refractivity contribution in [2.45, 2.75) is 46.3 Å². The fourth-order valence-corrected chi connectivity index (χ4v) is 4.54. The minimum Gasteiger partial charge on any atom is -0.490 e. The van der Waals surface area contributed by atoms with Crippen LogP contribution in [0, 0.1) is 5.82 Å². The molecule has 0 fully saturated rings. The third-order valence-electron chi connectivity index (χ3n) is 5.72. The highest BCUT2D eigenvalue weighted by Crippen LogP contribution is 2.43. The van der Waals surface area contributed by atoms with Crippen LogP contribution in [0.3, 0.4) is 0 Å². The first-order valence-electron chi connectivity index (χ1n) is 11.8. The van der Waals surface area contributed by atoms with E-state index in [1.807, 2.05) is 26.8 Å². The van der Waals surface area contributed by atoms with E-state index in [1.165, 1.54) is 12.4 Å². The van der Waals surface area contributed by atoms with Gasteiger partial charge in [0.1, 0.15) is 24.8 Å². The lowest BCUT2D eigenvalue weighted by Gasteiger charge is -2.29. The first-order valence-corrected chi connectivity index (χ1v) is 12.6. The molecule has 2 aromatic carbocycles. The van der Waals surface area contributed by atoms with E-state index in [-0.39, 0.29) is 12.4 Å². The van der Waals surface area contributed by atoms with E-state index in [1.54, 1.807) is 28.9 Å². The van der Waals surface area contributed by atoms with E-state index in [9.17, 15) is 9.18 Å². The number of benzene rings is 2. The molecule has 3 aromatic rings. The zero-order valence-corrected chi connectivity index (χ0v) is 22.0. The number of nitrogens with one attached hydrogen (secondary N) is 1. The molecule has 1 N–H and O–H groups in total. The molecule has 190 valence electrons. The molecular formula is C26H28BrFN4O4. The number of rotatable bonds is 10. The van der Waals surface area contributed by atoms with E-state index >= 15 is 0 Å². The van der Waals surface area contributed by atoms with Gasteiger partial charge in [0.25, 0.3) is 0 Å². The normalized spacial score (nSPS) is 14.8. The lowest BCUT2D eigenvalue weighted by molar-refractivity contribution is -0.139. The number of unbranched alkanes of at least 4 members (excludes halogenated alkanes) is 1. The zero-order valence-electron chi connectivity index (χ0n) is 20.4. The fraction of sp³-hybridized carbons (Fsp3) is 0.346. The van der Waals surface area contributed by atoms with Gasteiger partial charge in [0, 0.05) is 11.3 Å². The summed E-state index contributed by atoms with van der Waals surface area (Å²) in [6.45, 7) is 6.45. The van der Waals surface area contributed by atoms with E-state index < -0.39 is 12.0 Å². The number of hydrogen-bond acceptors (Lipinski definition) is 7. The molecule has 0 radical (unpaired) electrons. The number of esters is 1. The molecule has 0 bridgehead atoms. The molecule has 8 nitrogen and oxygen atoms in total. The Hall–Kier alpha value is -3.40. The Bertz CT molecular complexity index is 1280. The number of fused-ring (bicyclic) bond motifs is 1. The van der Waals surface area contributed by atoms with Crippen LogP contribution in [0.4, 0.5) is 10.3 Å². The Labute approximate surface area is 217 Å². The average Bonchev–Trinajstić information content (AvgIpc) is 3.31. The molecule has 0 amide bonds. The largest absolute Gasteiger partial charge is 0.490 e. The van der Waals surface area contributed by atoms with Crippen LogP contribution in [0.25, 0.3) is 0 Å². The summed E-state index contributed by atoms with van der Waals surface area (Å²) in [6, 6.07) is 9.49. The van der Waals surface area contributed by atoms with Gasteiger partial charge in [-0.05, 0) is 60.0 Å². The van der Waals surface area contributed by atoms with Crippen LogP contribution in [0.15, 0.2) is 58.5 Å². The maximum atomic E-state index is 14.1. The first-order chi connectivity index (χ1) is 17.4. The number of halogens is 2. The Morgan fingerprint density at radius 1 is 1.22 bits per heavy atom. The van der Waals surface area contributed by atoms with Gasteiger partial charge in [-0.25, -0.2) is 13.9 Å². The third kappa shape index (κ3) is 5.38. The van der Waals surface area contributed by atoms with E-state index in [4.69, 9.17) is 14.2 Å². The monoisotopic (exact) mass is 558 g/mol. The van der Waals surface area contributed by atoms with Crippen LogP contribution < -0.4 is 14.8 Å². The van der Waals surface area contributed by atoms with Crippen LogP contribution in [0.1, 0.15) is 50.8 Å². The maximum Gasteiger partial charge on any atom is 0.338 e. The molecule has 0 saturated heterocycles. The highest BCUT2D eigenvalue weighted by molar-refractivity contribution is 9.10. The van der Waals surface area contributed by atoms with Gasteiger partial charge in [0.2, 0.25) is 5.95 Å². The summed E-state index contributed by atoms with van der Waals surface area (Å²) in [7, 11) is 0. The highest BCUT2D eigenvalue weighted by Gasteiger charge is 2.35. The van der Waals surface area contributed by atoms with Crippen LogP contribution in [-0.4, -0.2) is 33.9 Å². The predicted molar refractivity (Wildman–Crippen MR) is 136 cm³/mol. The summed E-state index contributed by atoms with van der Waals surface area (Å²) in [6.07, 6.45) is 3.12. The van der Waals surface area contributed by atoms with Gasteiger partial charge in [-0.1, -0.05) is 31.5 Å². The van der Waals surface area contributed by atoms with Gasteiger partial charge in [-0.15, -0.1) is 0 Å². The third-order valence-corrected chi connectivity index (χ3v) is 6.31. The quantitative estimate of drug-likeness (QED) is 0.249. The highest BCUT2D eigenvalue weighted by atomic mass is 79.9. The van der Waals surface area contributed by atoms with Crippen LogP contribution in [0.5, 0.6) is 11.5 Å². The average molecular weight is 559 g/mol. The van der Waals surface area contributed by atoms with Gasteiger partial charge in [0.05, 0.1) is 23.3 Å². The summed E-state index contributed by atoms with van der Waals surface area (Å²) in [5, 5.41) is 7.50. The minimum atomic E-state index is -0.603. The molecule has 1 aliphatic heterocycles. The summed E-state index contributed by atoms with van der Waals surface area (Å²) < 4.78 is 33.8. The van der Waals surface area contributed by atoms with Crippen molar-refractivity contribution in [2.75, 3.05) is 18.5 Å².